The molecule has 0 unspecified atom stereocenters. The first-order valence-electron chi connectivity index (χ1n) is 12.5. The van der Waals surface area contributed by atoms with Crippen molar-refractivity contribution in [1.29, 1.82) is 0 Å². The molecule has 33 heavy (non-hydrogen) atoms. The van der Waals surface area contributed by atoms with Gasteiger partial charge < -0.3 is 9.47 Å². The van der Waals surface area contributed by atoms with Crippen LogP contribution in [0, 0.1) is 0 Å². The van der Waals surface area contributed by atoms with Gasteiger partial charge >= 0.3 is 0 Å². The molecule has 0 bridgehead atoms. The van der Waals surface area contributed by atoms with Gasteiger partial charge in [-0.3, -0.25) is 14.6 Å². The fourth-order valence-corrected chi connectivity index (χ4v) is 5.98. The molecule has 176 valence electrons. The third-order valence-electron chi connectivity index (χ3n) is 6.86. The van der Waals surface area contributed by atoms with Crippen LogP contribution in [0.4, 0.5) is 0 Å². The lowest BCUT2D eigenvalue weighted by Gasteiger charge is -2.26. The van der Waals surface area contributed by atoms with Crippen LogP contribution in [0.3, 0.4) is 0 Å². The summed E-state index contributed by atoms with van der Waals surface area (Å²) >= 11 is 1.65. The highest BCUT2D eigenvalue weighted by Crippen LogP contribution is 2.29. The molecule has 3 aromatic rings. The fraction of sp³-hybridized carbons (Fsp3) is 0.519. The lowest BCUT2D eigenvalue weighted by molar-refractivity contribution is 0.183. The third kappa shape index (κ3) is 5.68. The normalized spacial score (nSPS) is 18.1. The highest BCUT2D eigenvalue weighted by atomic mass is 32.1. The molecule has 1 aromatic heterocycles. The predicted octanol–water partition coefficient (Wildman–Crippen LogP) is 5.14. The first-order valence-corrected chi connectivity index (χ1v) is 13.3. The molecule has 6 heteroatoms. The van der Waals surface area contributed by atoms with Gasteiger partial charge in [0.15, 0.2) is 5.43 Å². The molecule has 0 N–H and O–H groups in total. The van der Waals surface area contributed by atoms with Crippen LogP contribution in [0.1, 0.15) is 38.5 Å². The Morgan fingerprint density at radius 1 is 0.667 bits per heavy atom. The molecule has 2 saturated heterocycles. The van der Waals surface area contributed by atoms with Crippen molar-refractivity contribution in [3.05, 3.63) is 46.6 Å². The van der Waals surface area contributed by atoms with Crippen LogP contribution in [0.15, 0.2) is 41.2 Å². The Hall–Kier alpha value is -2.15. The predicted molar refractivity (Wildman–Crippen MR) is 137 cm³/mol. The second-order valence-corrected chi connectivity index (χ2v) is 10.3. The smallest absolute Gasteiger partial charge is 0.196 e. The van der Waals surface area contributed by atoms with Crippen LogP contribution in [0.5, 0.6) is 11.5 Å². The van der Waals surface area contributed by atoms with E-state index in [1.54, 1.807) is 11.3 Å². The Bertz CT molecular complexity index is 1050. The van der Waals surface area contributed by atoms with Crippen molar-refractivity contribution in [3.63, 3.8) is 0 Å². The minimum atomic E-state index is 0.0571. The summed E-state index contributed by atoms with van der Waals surface area (Å²) < 4.78 is 14.0. The Morgan fingerprint density at radius 2 is 1.12 bits per heavy atom. The molecule has 0 saturated carbocycles. The van der Waals surface area contributed by atoms with Gasteiger partial charge in [-0.1, -0.05) is 12.8 Å². The third-order valence-corrected chi connectivity index (χ3v) is 8.01. The van der Waals surface area contributed by atoms with E-state index in [2.05, 4.69) is 9.80 Å². The summed E-state index contributed by atoms with van der Waals surface area (Å²) in [5.41, 5.74) is 0.0571. The molecule has 2 fully saturated rings. The molecule has 5 rings (SSSR count). The number of hydrogen-bond donors (Lipinski definition) is 0. The van der Waals surface area contributed by atoms with E-state index in [9.17, 15) is 4.79 Å². The van der Waals surface area contributed by atoms with Crippen LogP contribution < -0.4 is 14.9 Å². The zero-order valence-electron chi connectivity index (χ0n) is 19.4. The average Bonchev–Trinajstić information content (AvgIpc) is 2.86. The van der Waals surface area contributed by atoms with Gasteiger partial charge in [0, 0.05) is 33.3 Å². The quantitative estimate of drug-likeness (QED) is 0.430. The lowest BCUT2D eigenvalue weighted by Crippen LogP contribution is -2.33. The summed E-state index contributed by atoms with van der Waals surface area (Å²) in [5.74, 6) is 1.55. The maximum Gasteiger partial charge on any atom is 0.196 e. The molecular weight excluding hydrogens is 432 g/mol. The Balaban J connectivity index is 1.27. The second-order valence-electron chi connectivity index (χ2n) is 9.25. The summed E-state index contributed by atoms with van der Waals surface area (Å²) in [6.07, 6.45) is 7.83. The Morgan fingerprint density at radius 3 is 1.58 bits per heavy atom. The topological polar surface area (TPSA) is 42.0 Å². The fourth-order valence-electron chi connectivity index (χ4n) is 4.95. The zero-order valence-corrected chi connectivity index (χ0v) is 20.2. The highest BCUT2D eigenvalue weighted by Gasteiger charge is 2.12. The molecule has 0 radical (unpaired) electrons. The SMILES string of the molecule is O=c1c2cc(OCCN3CCCCC3)ccc2sc2ccc(OCCN3CCCCC3)cc12. The van der Waals surface area contributed by atoms with E-state index in [0.717, 1.165) is 44.8 Å². The van der Waals surface area contributed by atoms with E-state index in [1.165, 1.54) is 64.7 Å². The Labute approximate surface area is 199 Å². The number of fused-ring (bicyclic) bond motifs is 2. The summed E-state index contributed by atoms with van der Waals surface area (Å²) in [7, 11) is 0. The summed E-state index contributed by atoms with van der Waals surface area (Å²) in [4.78, 5) is 18.2. The van der Waals surface area contributed by atoms with E-state index in [0.29, 0.717) is 13.2 Å². The summed E-state index contributed by atoms with van der Waals surface area (Å²) in [6.45, 7) is 7.88. The molecule has 2 aliphatic heterocycles. The molecule has 2 aromatic carbocycles. The minimum absolute atomic E-state index is 0.0571. The van der Waals surface area contributed by atoms with Crippen LogP contribution in [-0.4, -0.2) is 62.3 Å². The van der Waals surface area contributed by atoms with Crippen molar-refractivity contribution in [3.8, 4) is 11.5 Å². The monoisotopic (exact) mass is 466 g/mol. The number of benzene rings is 2. The zero-order chi connectivity index (χ0) is 22.5. The first kappa shape index (κ1) is 22.6. The van der Waals surface area contributed by atoms with Crippen molar-refractivity contribution >= 4 is 31.5 Å². The highest BCUT2D eigenvalue weighted by molar-refractivity contribution is 7.24. The van der Waals surface area contributed by atoms with E-state index < -0.39 is 0 Å². The maximum atomic E-state index is 13.3. The van der Waals surface area contributed by atoms with Crippen molar-refractivity contribution in [2.45, 2.75) is 38.5 Å². The standard InChI is InChI=1S/C27H34N2O3S/c30-27-23-19-21(31-17-15-28-11-3-1-4-12-28)7-9-25(23)33-26-10-8-22(20-24(26)27)32-18-16-29-13-5-2-6-14-29/h7-10,19-20H,1-6,11-18H2. The van der Waals surface area contributed by atoms with Gasteiger partial charge in [0.05, 0.1) is 0 Å². The van der Waals surface area contributed by atoms with E-state index in [4.69, 9.17) is 9.47 Å². The van der Waals surface area contributed by atoms with Crippen molar-refractivity contribution in [2.24, 2.45) is 0 Å². The number of likely N-dealkylation sites (tertiary alicyclic amines) is 2. The van der Waals surface area contributed by atoms with Crippen molar-refractivity contribution < 1.29 is 9.47 Å². The van der Waals surface area contributed by atoms with Gasteiger partial charge in [-0.25, -0.2) is 0 Å². The summed E-state index contributed by atoms with van der Waals surface area (Å²) in [5, 5.41) is 1.46. The van der Waals surface area contributed by atoms with Gasteiger partial charge in [0.1, 0.15) is 24.7 Å². The largest absolute Gasteiger partial charge is 0.492 e. The number of ether oxygens (including phenoxy) is 2. The number of piperidine rings is 2. The first-order chi connectivity index (χ1) is 16.3. The van der Waals surface area contributed by atoms with Crippen LogP contribution in [-0.2, 0) is 0 Å². The van der Waals surface area contributed by atoms with Crippen LogP contribution in [0.25, 0.3) is 20.2 Å². The van der Waals surface area contributed by atoms with Gasteiger partial charge in [-0.15, -0.1) is 11.3 Å². The number of nitrogens with zero attached hydrogens (tertiary/aromatic N) is 2. The molecule has 0 spiro atoms. The van der Waals surface area contributed by atoms with E-state index in [1.807, 2.05) is 36.4 Å². The van der Waals surface area contributed by atoms with Gasteiger partial charge in [0.25, 0.3) is 0 Å². The molecule has 3 heterocycles. The Kier molecular flexibility index (Phi) is 7.44. The molecule has 2 aliphatic rings. The second kappa shape index (κ2) is 10.9. The average molecular weight is 467 g/mol. The lowest BCUT2D eigenvalue weighted by atomic mass is 10.1. The molecule has 0 aliphatic carbocycles. The molecule has 0 amide bonds. The number of hydrogen-bond acceptors (Lipinski definition) is 6. The van der Waals surface area contributed by atoms with E-state index in [-0.39, 0.29) is 5.43 Å². The maximum absolute atomic E-state index is 13.3. The number of rotatable bonds is 8. The van der Waals surface area contributed by atoms with Gasteiger partial charge in [-0.2, -0.15) is 0 Å². The van der Waals surface area contributed by atoms with Crippen molar-refractivity contribution in [2.75, 3.05) is 52.5 Å². The van der Waals surface area contributed by atoms with E-state index >= 15 is 0 Å². The minimum Gasteiger partial charge on any atom is -0.492 e. The molecule has 0 atom stereocenters. The van der Waals surface area contributed by atoms with Crippen LogP contribution >= 0.6 is 11.3 Å². The molecular formula is C27H34N2O3S. The van der Waals surface area contributed by atoms with Gasteiger partial charge in [-0.05, 0) is 88.3 Å². The van der Waals surface area contributed by atoms with Gasteiger partial charge in [0.2, 0.25) is 0 Å². The van der Waals surface area contributed by atoms with Crippen LogP contribution in [0.2, 0.25) is 0 Å². The summed E-state index contributed by atoms with van der Waals surface area (Å²) in [6, 6.07) is 11.8. The molecule has 5 nitrogen and oxygen atoms in total. The van der Waals surface area contributed by atoms with Crippen molar-refractivity contribution in [1.82, 2.24) is 9.80 Å².